The zero-order valence-corrected chi connectivity index (χ0v) is 15.2. The fourth-order valence-corrected chi connectivity index (χ4v) is 3.09. The van der Waals surface area contributed by atoms with Crippen LogP contribution in [-0.4, -0.2) is 39.2 Å². The fraction of sp³-hybridized carbons (Fsp3) is 0.474. The van der Waals surface area contributed by atoms with E-state index in [4.69, 9.17) is 4.74 Å². The number of carbonyl (C=O) groups is 1. The second kappa shape index (κ2) is 7.78. The minimum Gasteiger partial charge on any atom is -0.495 e. The predicted octanol–water partition coefficient (Wildman–Crippen LogP) is 2.25. The molecule has 3 rings (SSSR count). The lowest BCUT2D eigenvalue weighted by atomic mass is 9.75. The smallest absolute Gasteiger partial charge is 0.270 e. The molecule has 2 heterocycles. The number of nitrogens with one attached hydrogen (secondary N) is 1. The van der Waals surface area contributed by atoms with Crippen molar-refractivity contribution < 1.29 is 14.6 Å². The zero-order valence-electron chi connectivity index (χ0n) is 15.2. The average Bonchev–Trinajstić information content (AvgIpc) is 2.63. The Kier molecular flexibility index (Phi) is 5.46. The molecule has 2 N–H and O–H groups in total. The van der Waals surface area contributed by atoms with E-state index in [1.807, 2.05) is 19.9 Å². The van der Waals surface area contributed by atoms with Crippen LogP contribution in [0.5, 0.6) is 5.75 Å². The van der Waals surface area contributed by atoms with Gasteiger partial charge in [0.25, 0.3) is 5.91 Å². The molecule has 7 heteroatoms. The molecular weight excluding hydrogens is 332 g/mol. The highest BCUT2D eigenvalue weighted by atomic mass is 16.5. The molecule has 0 saturated heterocycles. The summed E-state index contributed by atoms with van der Waals surface area (Å²) in [6, 6.07) is 3.21. The van der Waals surface area contributed by atoms with E-state index in [9.17, 15) is 9.90 Å². The van der Waals surface area contributed by atoms with Crippen LogP contribution in [-0.2, 0) is 0 Å². The van der Waals surface area contributed by atoms with Gasteiger partial charge in [0.15, 0.2) is 0 Å². The monoisotopic (exact) mass is 356 g/mol. The van der Waals surface area contributed by atoms with Gasteiger partial charge in [-0.25, -0.2) is 9.97 Å². The van der Waals surface area contributed by atoms with E-state index in [0.29, 0.717) is 30.1 Å². The molecule has 1 aliphatic carbocycles. The van der Waals surface area contributed by atoms with E-state index in [0.717, 1.165) is 5.56 Å². The lowest BCUT2D eigenvalue weighted by Crippen LogP contribution is -2.41. The average molecular weight is 356 g/mol. The van der Waals surface area contributed by atoms with Gasteiger partial charge in [-0.1, -0.05) is 13.8 Å². The lowest BCUT2D eigenvalue weighted by molar-refractivity contribution is 0.0234. The maximum Gasteiger partial charge on any atom is 0.270 e. The first kappa shape index (κ1) is 18.3. The van der Waals surface area contributed by atoms with Crippen LogP contribution in [0.4, 0.5) is 0 Å². The van der Waals surface area contributed by atoms with Crippen molar-refractivity contribution in [2.24, 2.45) is 5.92 Å². The van der Waals surface area contributed by atoms with Crippen molar-refractivity contribution in [3.63, 3.8) is 0 Å². The van der Waals surface area contributed by atoms with Gasteiger partial charge >= 0.3 is 0 Å². The molecule has 1 amide bonds. The highest BCUT2D eigenvalue weighted by molar-refractivity contribution is 5.92. The highest BCUT2D eigenvalue weighted by Crippen LogP contribution is 2.38. The lowest BCUT2D eigenvalue weighted by Gasteiger charge is -2.38. The fourth-order valence-electron chi connectivity index (χ4n) is 3.09. The van der Waals surface area contributed by atoms with Crippen molar-refractivity contribution in [2.45, 2.75) is 44.8 Å². The minimum atomic E-state index is -0.315. The van der Waals surface area contributed by atoms with Gasteiger partial charge in [-0.05, 0) is 36.5 Å². The van der Waals surface area contributed by atoms with Crippen molar-refractivity contribution in [2.75, 3.05) is 7.11 Å². The van der Waals surface area contributed by atoms with Gasteiger partial charge in [0, 0.05) is 18.3 Å². The largest absolute Gasteiger partial charge is 0.495 e. The third-order valence-electron chi connectivity index (χ3n) is 4.66. The quantitative estimate of drug-likeness (QED) is 0.824. The topological polar surface area (TPSA) is 97.2 Å². The molecule has 0 unspecified atom stereocenters. The number of amides is 1. The number of hydrogen-bond donors (Lipinski definition) is 2. The van der Waals surface area contributed by atoms with E-state index in [2.05, 4.69) is 20.3 Å². The van der Waals surface area contributed by atoms with Crippen molar-refractivity contribution in [1.82, 2.24) is 20.3 Å². The molecule has 1 aliphatic rings. The van der Waals surface area contributed by atoms with E-state index in [1.54, 1.807) is 31.8 Å². The molecule has 7 nitrogen and oxygen atoms in total. The first-order valence-corrected chi connectivity index (χ1v) is 8.78. The van der Waals surface area contributed by atoms with Gasteiger partial charge in [-0.3, -0.25) is 9.78 Å². The summed E-state index contributed by atoms with van der Waals surface area (Å²) in [5, 5.41) is 12.7. The van der Waals surface area contributed by atoms with E-state index < -0.39 is 0 Å². The van der Waals surface area contributed by atoms with Crippen LogP contribution in [0.15, 0.2) is 30.7 Å². The van der Waals surface area contributed by atoms with Crippen LogP contribution in [0.1, 0.15) is 60.5 Å². The Morgan fingerprint density at radius 2 is 2.12 bits per heavy atom. The second-order valence-electron chi connectivity index (χ2n) is 6.95. The number of nitrogens with zero attached hydrogens (tertiary/aromatic N) is 3. The third kappa shape index (κ3) is 3.99. The third-order valence-corrected chi connectivity index (χ3v) is 4.66. The summed E-state index contributed by atoms with van der Waals surface area (Å²) in [6.45, 7) is 3.97. The summed E-state index contributed by atoms with van der Waals surface area (Å²) >= 11 is 0. The maximum atomic E-state index is 12.8. The Hall–Kier alpha value is -2.54. The number of pyridine rings is 1. The predicted molar refractivity (Wildman–Crippen MR) is 95.8 cm³/mol. The maximum absolute atomic E-state index is 12.8. The summed E-state index contributed by atoms with van der Waals surface area (Å²) < 4.78 is 5.24. The van der Waals surface area contributed by atoms with Crippen LogP contribution >= 0.6 is 0 Å². The van der Waals surface area contributed by atoms with Gasteiger partial charge in [-0.15, -0.1) is 0 Å². The summed E-state index contributed by atoms with van der Waals surface area (Å²) in [6.07, 6.45) is 5.91. The molecule has 26 heavy (non-hydrogen) atoms. The number of rotatable bonds is 6. The van der Waals surface area contributed by atoms with Gasteiger partial charge in [0.1, 0.15) is 17.3 Å². The molecule has 0 aliphatic heterocycles. The van der Waals surface area contributed by atoms with Gasteiger partial charge in [-0.2, -0.15) is 0 Å². The Morgan fingerprint density at radius 3 is 2.77 bits per heavy atom. The number of carbonyl (C=O) groups excluding carboxylic acids is 1. The zero-order chi connectivity index (χ0) is 18.7. The number of ether oxygens (including phenoxy) is 1. The van der Waals surface area contributed by atoms with Crippen LogP contribution in [0.25, 0.3) is 0 Å². The van der Waals surface area contributed by atoms with E-state index >= 15 is 0 Å². The van der Waals surface area contributed by atoms with Crippen molar-refractivity contribution in [3.05, 3.63) is 47.8 Å². The summed E-state index contributed by atoms with van der Waals surface area (Å²) in [5.41, 5.74) is 1.19. The van der Waals surface area contributed by atoms with Crippen LogP contribution in [0.3, 0.4) is 0 Å². The van der Waals surface area contributed by atoms with Crippen molar-refractivity contribution in [3.8, 4) is 5.75 Å². The second-order valence-corrected chi connectivity index (χ2v) is 6.95. The number of aliphatic hydroxyl groups is 1. The molecule has 138 valence electrons. The highest BCUT2D eigenvalue weighted by Gasteiger charge is 2.36. The SMILES string of the molecule is COc1cncc([C@@H](NC(=O)c2ccnc(C(C)C)n2)C2CC(O)C2)c1. The van der Waals surface area contributed by atoms with E-state index in [1.165, 1.54) is 0 Å². The molecular formula is C19H24N4O3. The number of methoxy groups -OCH3 is 1. The van der Waals surface area contributed by atoms with Crippen molar-refractivity contribution in [1.29, 1.82) is 0 Å². The Labute approximate surface area is 152 Å². The molecule has 1 saturated carbocycles. The standard InChI is InChI=1S/C19H24N4O3/c1-11(2)18-21-5-4-16(22-18)19(25)23-17(12-6-14(24)7-12)13-8-15(26-3)10-20-9-13/h4-5,8-12,14,17,24H,6-7H2,1-3H3,(H,23,25)/t12?,14?,17-/m0/s1. The molecule has 0 spiro atoms. The number of hydrogen-bond acceptors (Lipinski definition) is 6. The number of aliphatic hydroxyl groups excluding tert-OH is 1. The Bertz CT molecular complexity index is 775. The van der Waals surface area contributed by atoms with Crippen LogP contribution in [0, 0.1) is 5.92 Å². The minimum absolute atomic E-state index is 0.142. The van der Waals surface area contributed by atoms with Crippen molar-refractivity contribution >= 4 is 5.91 Å². The Morgan fingerprint density at radius 1 is 1.35 bits per heavy atom. The molecule has 0 aromatic carbocycles. The van der Waals surface area contributed by atoms with Gasteiger partial charge in [0.2, 0.25) is 0 Å². The molecule has 1 atom stereocenters. The Balaban J connectivity index is 1.83. The molecule has 2 aromatic rings. The van der Waals surface area contributed by atoms with E-state index in [-0.39, 0.29) is 29.9 Å². The molecule has 0 radical (unpaired) electrons. The summed E-state index contributed by atoms with van der Waals surface area (Å²) in [5.74, 6) is 1.29. The van der Waals surface area contributed by atoms with Gasteiger partial charge < -0.3 is 15.2 Å². The van der Waals surface area contributed by atoms with Gasteiger partial charge in [0.05, 0.1) is 25.5 Å². The first-order chi connectivity index (χ1) is 12.5. The first-order valence-electron chi connectivity index (χ1n) is 8.78. The summed E-state index contributed by atoms with van der Waals surface area (Å²) in [7, 11) is 1.58. The van der Waals surface area contributed by atoms with Crippen LogP contribution < -0.4 is 10.1 Å². The molecule has 1 fully saturated rings. The molecule has 2 aromatic heterocycles. The molecule has 0 bridgehead atoms. The number of aromatic nitrogens is 3. The summed E-state index contributed by atoms with van der Waals surface area (Å²) in [4.78, 5) is 25.5. The normalized spacial score (nSPS) is 20.3. The van der Waals surface area contributed by atoms with Crippen LogP contribution in [0.2, 0.25) is 0 Å².